The summed E-state index contributed by atoms with van der Waals surface area (Å²) >= 11 is 0. The van der Waals surface area contributed by atoms with Crippen molar-refractivity contribution in [2.45, 2.75) is 58.4 Å². The Morgan fingerprint density at radius 2 is 1.81 bits per heavy atom. The number of aliphatic hydroxyl groups excluding tert-OH is 1. The molecule has 0 saturated heterocycles. The molecule has 1 N–H and O–H groups in total. The van der Waals surface area contributed by atoms with Crippen molar-refractivity contribution < 1.29 is 5.11 Å². The van der Waals surface area contributed by atoms with E-state index in [0.29, 0.717) is 6.61 Å². The van der Waals surface area contributed by atoms with Gasteiger partial charge in [-0.3, -0.25) is 0 Å². The Morgan fingerprint density at radius 3 is 2.25 bits per heavy atom. The summed E-state index contributed by atoms with van der Waals surface area (Å²) < 4.78 is 0. The Kier molecular flexibility index (Phi) is 3.91. The molecule has 0 spiro atoms. The number of nitrogens with zero attached hydrogens (tertiary/aromatic N) is 1. The van der Waals surface area contributed by atoms with E-state index in [1.54, 1.807) is 0 Å². The van der Waals surface area contributed by atoms with Crippen molar-refractivity contribution in [2.75, 3.05) is 19.7 Å². The molecular weight excluding hydrogens is 198 g/mol. The molecule has 2 heteroatoms. The van der Waals surface area contributed by atoms with Crippen LogP contribution >= 0.6 is 0 Å². The van der Waals surface area contributed by atoms with Crippen LogP contribution in [0.25, 0.3) is 0 Å². The Labute approximate surface area is 100 Å². The lowest BCUT2D eigenvalue weighted by Gasteiger charge is -2.41. The first-order valence-electron chi connectivity index (χ1n) is 7.04. The topological polar surface area (TPSA) is 23.5 Å². The fourth-order valence-corrected chi connectivity index (χ4v) is 3.11. The quantitative estimate of drug-likeness (QED) is 0.777. The molecule has 0 atom stereocenters. The van der Waals surface area contributed by atoms with Crippen molar-refractivity contribution in [3.8, 4) is 0 Å². The van der Waals surface area contributed by atoms with Crippen LogP contribution in [0.1, 0.15) is 52.4 Å². The normalized spacial score (nSPS) is 35.6. The molecule has 0 aromatic carbocycles. The number of hydrogen-bond donors (Lipinski definition) is 1. The van der Waals surface area contributed by atoms with Crippen molar-refractivity contribution in [2.24, 2.45) is 11.3 Å². The Morgan fingerprint density at radius 1 is 1.19 bits per heavy atom. The van der Waals surface area contributed by atoms with Gasteiger partial charge >= 0.3 is 0 Å². The van der Waals surface area contributed by atoms with Crippen LogP contribution in [-0.2, 0) is 0 Å². The Bertz CT molecular complexity index is 217. The third-order valence-electron chi connectivity index (χ3n) is 4.68. The Hall–Kier alpha value is -0.0800. The van der Waals surface area contributed by atoms with Gasteiger partial charge in [-0.1, -0.05) is 26.7 Å². The van der Waals surface area contributed by atoms with Crippen molar-refractivity contribution in [3.63, 3.8) is 0 Å². The second-order valence-corrected chi connectivity index (χ2v) is 6.13. The third-order valence-corrected chi connectivity index (χ3v) is 4.68. The minimum Gasteiger partial charge on any atom is -0.396 e. The Balaban J connectivity index is 1.92. The van der Waals surface area contributed by atoms with Crippen LogP contribution in [0.5, 0.6) is 0 Å². The van der Waals surface area contributed by atoms with E-state index in [-0.39, 0.29) is 5.41 Å². The van der Waals surface area contributed by atoms with Gasteiger partial charge in [0.15, 0.2) is 0 Å². The highest BCUT2D eigenvalue weighted by Crippen LogP contribution is 2.41. The summed E-state index contributed by atoms with van der Waals surface area (Å²) in [5.74, 6) is 0.871. The lowest BCUT2D eigenvalue weighted by atomic mass is 9.71. The first kappa shape index (κ1) is 12.4. The molecule has 0 unspecified atom stereocenters. The zero-order valence-corrected chi connectivity index (χ0v) is 10.9. The predicted molar refractivity (Wildman–Crippen MR) is 67.4 cm³/mol. The summed E-state index contributed by atoms with van der Waals surface area (Å²) in [7, 11) is 0. The minimum absolute atomic E-state index is 0.227. The summed E-state index contributed by atoms with van der Waals surface area (Å²) in [5, 5.41) is 9.75. The number of aliphatic hydroxyl groups is 1. The van der Waals surface area contributed by atoms with Gasteiger partial charge in [0.25, 0.3) is 0 Å². The molecule has 0 aliphatic heterocycles. The van der Waals surface area contributed by atoms with E-state index in [0.717, 1.165) is 25.0 Å². The minimum atomic E-state index is 0.227. The highest BCUT2D eigenvalue weighted by molar-refractivity contribution is 4.92. The first-order valence-corrected chi connectivity index (χ1v) is 7.04. The maximum atomic E-state index is 9.75. The van der Waals surface area contributed by atoms with E-state index < -0.39 is 0 Å². The monoisotopic (exact) mass is 225 g/mol. The first-order chi connectivity index (χ1) is 7.69. The SMILES string of the molecule is CCN(CC1(CO)CCC(C)CC1)C1CC1. The van der Waals surface area contributed by atoms with Crippen LogP contribution in [0.3, 0.4) is 0 Å². The van der Waals surface area contributed by atoms with Crippen LogP contribution in [0, 0.1) is 11.3 Å². The van der Waals surface area contributed by atoms with Gasteiger partial charge in [0.2, 0.25) is 0 Å². The maximum absolute atomic E-state index is 9.75. The number of hydrogen-bond acceptors (Lipinski definition) is 2. The lowest BCUT2D eigenvalue weighted by molar-refractivity contribution is 0.0283. The second kappa shape index (κ2) is 5.05. The van der Waals surface area contributed by atoms with E-state index in [2.05, 4.69) is 18.7 Å². The molecule has 0 aromatic heterocycles. The third kappa shape index (κ3) is 2.78. The predicted octanol–water partition coefficient (Wildman–Crippen LogP) is 2.66. The fraction of sp³-hybridized carbons (Fsp3) is 1.00. The van der Waals surface area contributed by atoms with Gasteiger partial charge in [0.1, 0.15) is 0 Å². The molecular formula is C14H27NO. The maximum Gasteiger partial charge on any atom is 0.0499 e. The molecule has 0 radical (unpaired) electrons. The van der Waals surface area contributed by atoms with Crippen molar-refractivity contribution >= 4 is 0 Å². The molecule has 2 rings (SSSR count). The fourth-order valence-electron chi connectivity index (χ4n) is 3.11. The molecule has 0 amide bonds. The summed E-state index contributed by atoms with van der Waals surface area (Å²) in [6.07, 6.45) is 7.84. The molecule has 0 aromatic rings. The highest BCUT2D eigenvalue weighted by atomic mass is 16.3. The van der Waals surface area contributed by atoms with Gasteiger partial charge in [0, 0.05) is 24.6 Å². The zero-order valence-electron chi connectivity index (χ0n) is 10.9. The lowest BCUT2D eigenvalue weighted by Crippen LogP contribution is -2.43. The average molecular weight is 225 g/mol. The van der Waals surface area contributed by atoms with Crippen LogP contribution in [0.4, 0.5) is 0 Å². The molecule has 2 aliphatic carbocycles. The van der Waals surface area contributed by atoms with Crippen LogP contribution in [-0.4, -0.2) is 35.7 Å². The standard InChI is InChI=1S/C14H27NO/c1-3-15(13-4-5-13)10-14(11-16)8-6-12(2)7-9-14/h12-13,16H,3-11H2,1-2H3. The summed E-state index contributed by atoms with van der Waals surface area (Å²) in [6, 6.07) is 0.841. The summed E-state index contributed by atoms with van der Waals surface area (Å²) in [6.45, 7) is 7.29. The van der Waals surface area contributed by atoms with E-state index in [9.17, 15) is 5.11 Å². The molecule has 2 aliphatic rings. The van der Waals surface area contributed by atoms with Gasteiger partial charge in [-0.15, -0.1) is 0 Å². The number of rotatable bonds is 5. The highest BCUT2D eigenvalue weighted by Gasteiger charge is 2.38. The van der Waals surface area contributed by atoms with Gasteiger partial charge in [0.05, 0.1) is 0 Å². The smallest absolute Gasteiger partial charge is 0.0499 e. The zero-order chi connectivity index (χ0) is 11.6. The van der Waals surface area contributed by atoms with E-state index in [1.807, 2.05) is 0 Å². The summed E-state index contributed by atoms with van der Waals surface area (Å²) in [4.78, 5) is 2.60. The van der Waals surface area contributed by atoms with Gasteiger partial charge in [-0.05, 0) is 38.1 Å². The second-order valence-electron chi connectivity index (χ2n) is 6.13. The van der Waals surface area contributed by atoms with E-state index >= 15 is 0 Å². The van der Waals surface area contributed by atoms with E-state index in [4.69, 9.17) is 0 Å². The van der Waals surface area contributed by atoms with Crippen LogP contribution in [0.15, 0.2) is 0 Å². The van der Waals surface area contributed by atoms with Gasteiger partial charge < -0.3 is 10.0 Å². The van der Waals surface area contributed by atoms with E-state index in [1.165, 1.54) is 38.5 Å². The molecule has 0 heterocycles. The molecule has 16 heavy (non-hydrogen) atoms. The van der Waals surface area contributed by atoms with Crippen molar-refractivity contribution in [3.05, 3.63) is 0 Å². The van der Waals surface area contributed by atoms with Crippen LogP contribution < -0.4 is 0 Å². The molecule has 94 valence electrons. The van der Waals surface area contributed by atoms with Gasteiger partial charge in [-0.25, -0.2) is 0 Å². The molecule has 2 fully saturated rings. The largest absolute Gasteiger partial charge is 0.396 e. The van der Waals surface area contributed by atoms with Gasteiger partial charge in [-0.2, -0.15) is 0 Å². The molecule has 0 bridgehead atoms. The molecule has 2 nitrogen and oxygen atoms in total. The summed E-state index contributed by atoms with van der Waals surface area (Å²) in [5.41, 5.74) is 0.227. The molecule has 2 saturated carbocycles. The van der Waals surface area contributed by atoms with Crippen molar-refractivity contribution in [1.82, 2.24) is 4.90 Å². The average Bonchev–Trinajstić information content (AvgIpc) is 3.13. The van der Waals surface area contributed by atoms with Crippen molar-refractivity contribution in [1.29, 1.82) is 0 Å². The van der Waals surface area contributed by atoms with Crippen LogP contribution in [0.2, 0.25) is 0 Å².